The Labute approximate surface area is 200 Å². The fourth-order valence-electron chi connectivity index (χ4n) is 4.15. The fraction of sp³-hybridized carbons (Fsp3) is 0.500. The minimum Gasteiger partial charge on any atom is -0.493 e. The molecule has 0 spiro atoms. The first-order chi connectivity index (χ1) is 15.6. The van der Waals surface area contributed by atoms with Crippen molar-refractivity contribution >= 4 is 29.5 Å². The van der Waals surface area contributed by atoms with Crippen molar-refractivity contribution in [3.05, 3.63) is 59.2 Å². The van der Waals surface area contributed by atoms with Crippen LogP contribution in [0.2, 0.25) is 0 Å². The van der Waals surface area contributed by atoms with Crippen LogP contribution in [0.15, 0.2) is 42.5 Å². The highest BCUT2D eigenvalue weighted by Crippen LogP contribution is 2.53. The highest BCUT2D eigenvalue weighted by atomic mass is 32.2. The fourth-order valence-corrected chi connectivity index (χ4v) is 6.15. The van der Waals surface area contributed by atoms with Gasteiger partial charge >= 0.3 is 5.97 Å². The Kier molecular flexibility index (Phi) is 9.23. The standard InChI is InChI=1S/C26H34O4S2/c1-5-6-7-8-21(18-30-22-12-9-19(10-13-22)25(27)28-2)20-11-14-24-23(17-20)26(31-3,32-4)15-16-29-24/h9-14,17,21H,5-8,15-16,18H2,1-4H3. The summed E-state index contributed by atoms with van der Waals surface area (Å²) < 4.78 is 17.0. The number of fused-ring (bicyclic) bond motifs is 1. The quantitative estimate of drug-likeness (QED) is 0.201. The van der Waals surface area contributed by atoms with Crippen LogP contribution in [0.3, 0.4) is 0 Å². The lowest BCUT2D eigenvalue weighted by atomic mass is 9.91. The molecule has 2 aromatic rings. The van der Waals surface area contributed by atoms with Crippen molar-refractivity contribution < 1.29 is 19.0 Å². The van der Waals surface area contributed by atoms with E-state index in [0.717, 1.165) is 30.9 Å². The van der Waals surface area contributed by atoms with Gasteiger partial charge in [-0.2, -0.15) is 0 Å². The number of hydrogen-bond acceptors (Lipinski definition) is 6. The van der Waals surface area contributed by atoms with Gasteiger partial charge < -0.3 is 14.2 Å². The maximum absolute atomic E-state index is 11.7. The molecule has 4 nitrogen and oxygen atoms in total. The highest BCUT2D eigenvalue weighted by Gasteiger charge is 2.37. The van der Waals surface area contributed by atoms with E-state index in [4.69, 9.17) is 14.2 Å². The predicted molar refractivity (Wildman–Crippen MR) is 135 cm³/mol. The molecule has 32 heavy (non-hydrogen) atoms. The number of esters is 1. The second-order valence-electron chi connectivity index (χ2n) is 8.03. The largest absolute Gasteiger partial charge is 0.493 e. The second kappa shape index (κ2) is 11.9. The number of ether oxygens (including phenoxy) is 3. The van der Waals surface area contributed by atoms with Gasteiger partial charge in [0.2, 0.25) is 0 Å². The zero-order valence-electron chi connectivity index (χ0n) is 19.5. The van der Waals surface area contributed by atoms with Gasteiger partial charge in [-0.1, -0.05) is 32.3 Å². The Morgan fingerprint density at radius 2 is 1.88 bits per heavy atom. The summed E-state index contributed by atoms with van der Waals surface area (Å²) in [6.07, 6.45) is 10.1. The van der Waals surface area contributed by atoms with E-state index in [9.17, 15) is 4.79 Å². The zero-order chi connectivity index (χ0) is 23.0. The van der Waals surface area contributed by atoms with Crippen molar-refractivity contribution in [2.75, 3.05) is 32.8 Å². The summed E-state index contributed by atoms with van der Waals surface area (Å²) in [5.74, 6) is 1.74. The lowest BCUT2D eigenvalue weighted by Gasteiger charge is -2.37. The minimum atomic E-state index is -0.337. The summed E-state index contributed by atoms with van der Waals surface area (Å²) in [6, 6.07) is 13.9. The predicted octanol–water partition coefficient (Wildman–Crippen LogP) is 6.88. The van der Waals surface area contributed by atoms with Gasteiger partial charge in [-0.25, -0.2) is 4.79 Å². The van der Waals surface area contributed by atoms with Crippen LogP contribution in [0.25, 0.3) is 0 Å². The van der Waals surface area contributed by atoms with Crippen LogP contribution in [0.5, 0.6) is 11.5 Å². The first-order valence-corrected chi connectivity index (χ1v) is 13.7. The van der Waals surface area contributed by atoms with Crippen molar-refractivity contribution in [1.82, 2.24) is 0 Å². The maximum Gasteiger partial charge on any atom is 0.337 e. The van der Waals surface area contributed by atoms with E-state index < -0.39 is 0 Å². The molecule has 1 heterocycles. The summed E-state index contributed by atoms with van der Waals surface area (Å²) in [5, 5.41) is 0. The average Bonchev–Trinajstić information content (AvgIpc) is 2.85. The number of methoxy groups -OCH3 is 1. The van der Waals surface area contributed by atoms with Gasteiger partial charge in [0, 0.05) is 17.9 Å². The minimum absolute atomic E-state index is 0.0438. The van der Waals surface area contributed by atoms with Crippen LogP contribution < -0.4 is 9.47 Å². The Balaban J connectivity index is 1.80. The average molecular weight is 475 g/mol. The number of carbonyl (C=O) groups is 1. The van der Waals surface area contributed by atoms with E-state index >= 15 is 0 Å². The number of rotatable bonds is 11. The van der Waals surface area contributed by atoms with Crippen LogP contribution in [0, 0.1) is 0 Å². The number of thioether (sulfide) groups is 2. The number of hydrogen-bond donors (Lipinski definition) is 0. The van der Waals surface area contributed by atoms with E-state index in [1.807, 2.05) is 35.7 Å². The normalized spacial score (nSPS) is 15.4. The van der Waals surface area contributed by atoms with Crippen molar-refractivity contribution in [3.8, 4) is 11.5 Å². The molecule has 0 saturated heterocycles. The summed E-state index contributed by atoms with van der Waals surface area (Å²) in [7, 11) is 1.39. The van der Waals surface area contributed by atoms with Crippen molar-refractivity contribution in [3.63, 3.8) is 0 Å². The van der Waals surface area contributed by atoms with Crippen LogP contribution in [0.4, 0.5) is 0 Å². The van der Waals surface area contributed by atoms with E-state index in [1.165, 1.54) is 37.5 Å². The van der Waals surface area contributed by atoms with E-state index in [0.29, 0.717) is 18.1 Å². The molecule has 0 fully saturated rings. The second-order valence-corrected chi connectivity index (χ2v) is 10.5. The topological polar surface area (TPSA) is 44.8 Å². The van der Waals surface area contributed by atoms with E-state index in [1.54, 1.807) is 12.1 Å². The van der Waals surface area contributed by atoms with Crippen molar-refractivity contribution in [1.29, 1.82) is 0 Å². The lowest BCUT2D eigenvalue weighted by Crippen LogP contribution is -2.26. The first-order valence-electron chi connectivity index (χ1n) is 11.3. The molecule has 174 valence electrons. The molecule has 0 N–H and O–H groups in total. The van der Waals surface area contributed by atoms with Gasteiger partial charge in [0.1, 0.15) is 11.5 Å². The number of benzene rings is 2. The van der Waals surface area contributed by atoms with Gasteiger partial charge in [0.25, 0.3) is 0 Å². The van der Waals surface area contributed by atoms with Crippen molar-refractivity contribution in [2.24, 2.45) is 0 Å². The van der Waals surface area contributed by atoms with Gasteiger partial charge in [-0.15, -0.1) is 23.5 Å². The molecule has 1 unspecified atom stereocenters. The monoisotopic (exact) mass is 474 g/mol. The molecule has 6 heteroatoms. The molecule has 1 atom stereocenters. The Hall–Kier alpha value is -1.79. The molecular weight excluding hydrogens is 440 g/mol. The summed E-state index contributed by atoms with van der Waals surface area (Å²) in [6.45, 7) is 3.60. The highest BCUT2D eigenvalue weighted by molar-refractivity contribution is 8.16. The molecule has 0 bridgehead atoms. The molecule has 0 aliphatic carbocycles. The third kappa shape index (κ3) is 5.76. The Bertz CT molecular complexity index is 878. The number of carbonyl (C=O) groups excluding carboxylic acids is 1. The summed E-state index contributed by atoms with van der Waals surface area (Å²) in [4.78, 5) is 11.7. The molecule has 1 aliphatic heterocycles. The number of unbranched alkanes of at least 4 members (excludes halogenated alkanes) is 2. The van der Waals surface area contributed by atoms with Crippen LogP contribution in [0.1, 0.15) is 66.4 Å². The zero-order valence-corrected chi connectivity index (χ0v) is 21.2. The van der Waals surface area contributed by atoms with E-state index in [2.05, 4.69) is 37.6 Å². The maximum atomic E-state index is 11.7. The lowest BCUT2D eigenvalue weighted by molar-refractivity contribution is 0.0600. The Morgan fingerprint density at radius 3 is 2.53 bits per heavy atom. The van der Waals surface area contributed by atoms with Gasteiger partial charge in [-0.05, 0) is 60.9 Å². The van der Waals surface area contributed by atoms with Crippen molar-refractivity contribution in [2.45, 2.75) is 49.0 Å². The van der Waals surface area contributed by atoms with Gasteiger partial charge in [-0.3, -0.25) is 0 Å². The third-order valence-corrected chi connectivity index (χ3v) is 9.28. The SMILES string of the molecule is CCCCCC(COc1ccc(C(=O)OC)cc1)c1ccc2c(c1)C(SC)(SC)CCO2. The van der Waals surface area contributed by atoms with Gasteiger partial charge in [0.15, 0.2) is 0 Å². The Morgan fingerprint density at radius 1 is 1.12 bits per heavy atom. The van der Waals surface area contributed by atoms with Crippen LogP contribution in [-0.4, -0.2) is 38.8 Å². The molecule has 0 saturated carbocycles. The van der Waals surface area contributed by atoms with Crippen LogP contribution in [-0.2, 0) is 8.82 Å². The molecule has 3 rings (SSSR count). The smallest absolute Gasteiger partial charge is 0.337 e. The summed E-state index contributed by atoms with van der Waals surface area (Å²) in [5.41, 5.74) is 3.13. The molecule has 2 aromatic carbocycles. The van der Waals surface area contributed by atoms with Gasteiger partial charge in [0.05, 0.1) is 30.0 Å². The molecule has 0 aromatic heterocycles. The first kappa shape index (κ1) is 24.8. The summed E-state index contributed by atoms with van der Waals surface area (Å²) >= 11 is 3.81. The molecule has 0 radical (unpaired) electrons. The molecule has 1 aliphatic rings. The molecular formula is C26H34O4S2. The molecule has 0 amide bonds. The third-order valence-electron chi connectivity index (χ3n) is 6.12. The van der Waals surface area contributed by atoms with Crippen LogP contribution >= 0.6 is 23.5 Å². The van der Waals surface area contributed by atoms with E-state index in [-0.39, 0.29) is 10.0 Å².